The molecular weight excluding hydrogens is 286 g/mol. The van der Waals surface area contributed by atoms with Crippen molar-refractivity contribution in [2.24, 2.45) is 5.73 Å². The van der Waals surface area contributed by atoms with Gasteiger partial charge in [0.05, 0.1) is 6.61 Å². The van der Waals surface area contributed by atoms with Gasteiger partial charge in [-0.3, -0.25) is 0 Å². The Morgan fingerprint density at radius 3 is 2.57 bits per heavy atom. The highest BCUT2D eigenvalue weighted by Gasteiger charge is 2.23. The Hall–Kier alpha value is -1.82. The highest BCUT2D eigenvalue weighted by molar-refractivity contribution is 7.80. The maximum atomic E-state index is 11.7. The summed E-state index contributed by atoms with van der Waals surface area (Å²) < 4.78 is 5.03. The van der Waals surface area contributed by atoms with Crippen LogP contribution in [0.15, 0.2) is 18.2 Å². The Kier molecular flexibility index (Phi) is 5.01. The molecule has 1 saturated heterocycles. The molecule has 2 N–H and O–H groups in total. The van der Waals surface area contributed by atoms with E-state index in [1.54, 1.807) is 4.90 Å². The Labute approximate surface area is 130 Å². The van der Waals surface area contributed by atoms with Crippen molar-refractivity contribution in [3.8, 4) is 0 Å². The molecule has 0 aromatic heterocycles. The van der Waals surface area contributed by atoms with Gasteiger partial charge in [0.25, 0.3) is 0 Å². The van der Waals surface area contributed by atoms with Crippen molar-refractivity contribution in [2.75, 3.05) is 37.7 Å². The van der Waals surface area contributed by atoms with Crippen LogP contribution in [0.5, 0.6) is 0 Å². The van der Waals surface area contributed by atoms with Crippen molar-refractivity contribution < 1.29 is 9.53 Å². The van der Waals surface area contributed by atoms with Crippen molar-refractivity contribution >= 4 is 29.0 Å². The Balaban J connectivity index is 2.09. The molecule has 1 aliphatic rings. The number of rotatable bonds is 3. The number of nitrogens with zero attached hydrogens (tertiary/aromatic N) is 2. The molecule has 1 aromatic rings. The van der Waals surface area contributed by atoms with Gasteiger partial charge in [-0.15, -0.1) is 0 Å². The van der Waals surface area contributed by atoms with E-state index in [0.29, 0.717) is 24.7 Å². The standard InChI is InChI=1S/C15H21N3O2S/c1-3-20-15(19)18-8-6-17(7-9-18)13-5-4-11(2)10-12(13)14(16)21/h4-5,10H,3,6-9H2,1-2H3,(H2,16,21). The molecule has 1 aromatic carbocycles. The average molecular weight is 307 g/mol. The Morgan fingerprint density at radius 1 is 1.33 bits per heavy atom. The van der Waals surface area contributed by atoms with Crippen molar-refractivity contribution in [1.29, 1.82) is 0 Å². The van der Waals surface area contributed by atoms with Crippen LogP contribution < -0.4 is 10.6 Å². The third-order valence-electron chi connectivity index (χ3n) is 3.56. The first-order valence-corrected chi connectivity index (χ1v) is 7.51. The number of carbonyl (C=O) groups is 1. The molecule has 2 rings (SSSR count). The quantitative estimate of drug-likeness (QED) is 0.865. The normalized spacial score (nSPS) is 15.0. The minimum absolute atomic E-state index is 0.240. The fourth-order valence-electron chi connectivity index (χ4n) is 2.47. The zero-order chi connectivity index (χ0) is 15.4. The number of nitrogens with two attached hydrogens (primary N) is 1. The minimum atomic E-state index is -0.240. The van der Waals surface area contributed by atoms with Gasteiger partial charge >= 0.3 is 6.09 Å². The lowest BCUT2D eigenvalue weighted by atomic mass is 10.1. The van der Waals surface area contributed by atoms with Gasteiger partial charge in [-0.1, -0.05) is 23.8 Å². The summed E-state index contributed by atoms with van der Waals surface area (Å²) in [5.74, 6) is 0. The number of anilines is 1. The maximum absolute atomic E-state index is 11.7. The smallest absolute Gasteiger partial charge is 0.409 e. The molecule has 0 aliphatic carbocycles. The van der Waals surface area contributed by atoms with Crippen LogP contribution in [0.2, 0.25) is 0 Å². The largest absolute Gasteiger partial charge is 0.450 e. The van der Waals surface area contributed by atoms with Crippen molar-refractivity contribution in [2.45, 2.75) is 13.8 Å². The molecular formula is C15H21N3O2S. The molecule has 0 radical (unpaired) electrons. The van der Waals surface area contributed by atoms with Gasteiger partial charge in [0.2, 0.25) is 0 Å². The second-order valence-corrected chi connectivity index (χ2v) is 5.50. The predicted molar refractivity (Wildman–Crippen MR) is 87.9 cm³/mol. The number of ether oxygens (including phenoxy) is 1. The summed E-state index contributed by atoms with van der Waals surface area (Å²) in [4.78, 5) is 16.1. The second kappa shape index (κ2) is 6.76. The number of carbonyl (C=O) groups excluding carboxylic acids is 1. The molecule has 1 aliphatic heterocycles. The summed E-state index contributed by atoms with van der Waals surface area (Å²) in [6.07, 6.45) is -0.240. The van der Waals surface area contributed by atoms with E-state index in [9.17, 15) is 4.79 Å². The first kappa shape index (κ1) is 15.6. The molecule has 21 heavy (non-hydrogen) atoms. The fraction of sp³-hybridized carbons (Fsp3) is 0.467. The number of hydrogen-bond donors (Lipinski definition) is 1. The number of hydrogen-bond acceptors (Lipinski definition) is 4. The van der Waals surface area contributed by atoms with E-state index >= 15 is 0 Å². The molecule has 0 saturated carbocycles. The monoisotopic (exact) mass is 307 g/mol. The number of benzene rings is 1. The molecule has 0 spiro atoms. The lowest BCUT2D eigenvalue weighted by Crippen LogP contribution is -2.49. The molecule has 1 amide bonds. The van der Waals surface area contributed by atoms with Gasteiger partial charge in [-0.25, -0.2) is 4.79 Å². The molecule has 0 bridgehead atoms. The Morgan fingerprint density at radius 2 is 2.00 bits per heavy atom. The van der Waals surface area contributed by atoms with Crippen LogP contribution in [0.25, 0.3) is 0 Å². The Bertz CT molecular complexity index is 540. The number of thiocarbonyl (C=S) groups is 1. The number of amides is 1. The van der Waals surface area contributed by atoms with Gasteiger partial charge < -0.3 is 20.3 Å². The topological polar surface area (TPSA) is 58.8 Å². The van der Waals surface area contributed by atoms with E-state index in [0.717, 1.165) is 29.9 Å². The van der Waals surface area contributed by atoms with E-state index in [-0.39, 0.29) is 6.09 Å². The summed E-state index contributed by atoms with van der Waals surface area (Å²) in [7, 11) is 0. The van der Waals surface area contributed by atoms with E-state index < -0.39 is 0 Å². The zero-order valence-corrected chi connectivity index (χ0v) is 13.3. The van der Waals surface area contributed by atoms with E-state index in [2.05, 4.69) is 11.0 Å². The van der Waals surface area contributed by atoms with Crippen LogP contribution in [0.3, 0.4) is 0 Å². The zero-order valence-electron chi connectivity index (χ0n) is 12.5. The molecule has 1 heterocycles. The van der Waals surface area contributed by atoms with Gasteiger partial charge in [0.15, 0.2) is 0 Å². The highest BCUT2D eigenvalue weighted by Crippen LogP contribution is 2.23. The summed E-state index contributed by atoms with van der Waals surface area (Å²) in [6, 6.07) is 6.11. The summed E-state index contributed by atoms with van der Waals surface area (Å²) in [5, 5.41) is 0. The minimum Gasteiger partial charge on any atom is -0.450 e. The SMILES string of the molecule is CCOC(=O)N1CCN(c2ccc(C)cc2C(N)=S)CC1. The van der Waals surface area contributed by atoms with Gasteiger partial charge in [-0.05, 0) is 26.0 Å². The number of aryl methyl sites for hydroxylation is 1. The van der Waals surface area contributed by atoms with Gasteiger partial charge in [0.1, 0.15) is 4.99 Å². The van der Waals surface area contributed by atoms with E-state index in [1.807, 2.05) is 26.0 Å². The van der Waals surface area contributed by atoms with Gasteiger partial charge in [0, 0.05) is 37.4 Å². The van der Waals surface area contributed by atoms with Crippen molar-refractivity contribution in [3.05, 3.63) is 29.3 Å². The van der Waals surface area contributed by atoms with Crippen LogP contribution in [0, 0.1) is 6.92 Å². The van der Waals surface area contributed by atoms with Crippen LogP contribution >= 0.6 is 12.2 Å². The first-order valence-electron chi connectivity index (χ1n) is 7.10. The molecule has 5 nitrogen and oxygen atoms in total. The van der Waals surface area contributed by atoms with Gasteiger partial charge in [-0.2, -0.15) is 0 Å². The highest BCUT2D eigenvalue weighted by atomic mass is 32.1. The van der Waals surface area contributed by atoms with Crippen LogP contribution in [-0.2, 0) is 4.74 Å². The second-order valence-electron chi connectivity index (χ2n) is 5.06. The van der Waals surface area contributed by atoms with Crippen molar-refractivity contribution in [3.63, 3.8) is 0 Å². The lowest BCUT2D eigenvalue weighted by Gasteiger charge is -2.36. The van der Waals surface area contributed by atoms with E-state index in [1.165, 1.54) is 0 Å². The summed E-state index contributed by atoms with van der Waals surface area (Å²) >= 11 is 5.14. The average Bonchev–Trinajstić information content (AvgIpc) is 2.47. The predicted octanol–water partition coefficient (Wildman–Crippen LogP) is 1.91. The molecule has 6 heteroatoms. The molecule has 114 valence electrons. The molecule has 0 atom stereocenters. The van der Waals surface area contributed by atoms with Crippen LogP contribution in [0.4, 0.5) is 10.5 Å². The number of piperazine rings is 1. The van der Waals surface area contributed by atoms with E-state index in [4.69, 9.17) is 22.7 Å². The molecule has 1 fully saturated rings. The third kappa shape index (κ3) is 3.64. The summed E-state index contributed by atoms with van der Waals surface area (Å²) in [6.45, 7) is 7.02. The first-order chi connectivity index (χ1) is 10.0. The van der Waals surface area contributed by atoms with Crippen LogP contribution in [0.1, 0.15) is 18.1 Å². The maximum Gasteiger partial charge on any atom is 0.409 e. The lowest BCUT2D eigenvalue weighted by molar-refractivity contribution is 0.105. The fourth-order valence-corrected chi connectivity index (χ4v) is 2.63. The summed E-state index contributed by atoms with van der Waals surface area (Å²) in [5.41, 5.74) is 8.89. The third-order valence-corrected chi connectivity index (χ3v) is 3.78. The van der Waals surface area contributed by atoms with Crippen LogP contribution in [-0.4, -0.2) is 48.8 Å². The van der Waals surface area contributed by atoms with Crippen molar-refractivity contribution in [1.82, 2.24) is 4.90 Å². The molecule has 0 unspecified atom stereocenters.